The summed E-state index contributed by atoms with van der Waals surface area (Å²) >= 11 is 1.47. The van der Waals surface area contributed by atoms with Crippen molar-refractivity contribution in [3.8, 4) is 17.2 Å². The van der Waals surface area contributed by atoms with E-state index in [0.29, 0.717) is 33.7 Å². The molecule has 1 heterocycles. The molecule has 7 nitrogen and oxygen atoms in total. The quantitative estimate of drug-likeness (QED) is 0.760. The average molecular weight is 380 g/mol. The molecule has 0 aliphatic carbocycles. The molecule has 0 radical (unpaired) electrons. The van der Waals surface area contributed by atoms with Crippen LogP contribution in [-0.4, -0.2) is 45.3 Å². The first-order valence-corrected chi connectivity index (χ1v) is 9.29. The largest absolute Gasteiger partial charge is 0.493 e. The van der Waals surface area contributed by atoms with E-state index < -0.39 is 12.0 Å². The van der Waals surface area contributed by atoms with Crippen molar-refractivity contribution in [3.63, 3.8) is 0 Å². The Morgan fingerprint density at radius 3 is 2.27 bits per heavy atom. The lowest BCUT2D eigenvalue weighted by Gasteiger charge is -2.26. The number of nitrogens with zero attached hydrogens (tertiary/aromatic N) is 1. The highest BCUT2D eigenvalue weighted by Gasteiger charge is 2.31. The van der Waals surface area contributed by atoms with E-state index in [4.69, 9.17) is 18.9 Å². The molecule has 0 saturated carbocycles. The van der Waals surface area contributed by atoms with E-state index in [0.717, 1.165) is 5.56 Å². The zero-order valence-electron chi connectivity index (χ0n) is 15.8. The Hall–Kier alpha value is -2.35. The number of carbonyl (C=O) groups excluding carboxylic acids is 1. The van der Waals surface area contributed by atoms with Crippen LogP contribution >= 0.6 is 11.8 Å². The number of thioether (sulfide) groups is 1. The van der Waals surface area contributed by atoms with Crippen molar-refractivity contribution >= 4 is 22.9 Å². The summed E-state index contributed by atoms with van der Waals surface area (Å²) in [6, 6.07) is 3.06. The van der Waals surface area contributed by atoms with Gasteiger partial charge in [-0.1, -0.05) is 11.8 Å². The molecule has 1 aliphatic rings. The number of allylic oxidation sites excluding steroid dienone is 1. The summed E-state index contributed by atoms with van der Waals surface area (Å²) in [5, 5.41) is 3.86. The van der Waals surface area contributed by atoms with Crippen LogP contribution in [0.5, 0.6) is 17.2 Å². The topological polar surface area (TPSA) is 78.4 Å². The van der Waals surface area contributed by atoms with Gasteiger partial charge in [-0.3, -0.25) is 0 Å². The number of benzene rings is 1. The van der Waals surface area contributed by atoms with Gasteiger partial charge in [0.1, 0.15) is 6.04 Å². The number of hydrogen-bond acceptors (Lipinski definition) is 8. The van der Waals surface area contributed by atoms with Gasteiger partial charge < -0.3 is 24.3 Å². The van der Waals surface area contributed by atoms with Gasteiger partial charge in [0, 0.05) is 5.70 Å². The van der Waals surface area contributed by atoms with Gasteiger partial charge in [-0.2, -0.15) is 0 Å². The van der Waals surface area contributed by atoms with Gasteiger partial charge in [-0.15, -0.1) is 0 Å². The van der Waals surface area contributed by atoms with Crippen LogP contribution in [0.25, 0.3) is 0 Å². The Balaban J connectivity index is 2.62. The standard InChI is InChI=1S/C18H24N2O5S/c1-7-25-17(21)14-10(2)19-18(26-6)20-15(14)11-8-12(22-3)16(24-5)13(9-11)23-4/h8-9,15H,7H2,1-6H3,(H,19,20)/t15-/m0/s1. The van der Waals surface area contributed by atoms with Gasteiger partial charge in [0.05, 0.1) is 33.5 Å². The molecule has 1 atom stereocenters. The second-order valence-electron chi connectivity index (χ2n) is 5.38. The number of rotatable bonds is 6. The Bertz CT molecular complexity index is 720. The third-order valence-electron chi connectivity index (χ3n) is 3.91. The van der Waals surface area contributed by atoms with Gasteiger partial charge in [-0.05, 0) is 37.8 Å². The predicted octanol–water partition coefficient (Wildman–Crippen LogP) is 2.91. The third kappa shape index (κ3) is 3.90. The Kier molecular flexibility index (Phi) is 6.79. The first-order valence-electron chi connectivity index (χ1n) is 8.07. The molecular formula is C18H24N2O5S. The average Bonchev–Trinajstić information content (AvgIpc) is 2.65. The second-order valence-corrected chi connectivity index (χ2v) is 6.18. The van der Waals surface area contributed by atoms with Crippen molar-refractivity contribution in [3.05, 3.63) is 29.0 Å². The number of nitrogens with one attached hydrogen (secondary N) is 1. The summed E-state index contributed by atoms with van der Waals surface area (Å²) in [5.41, 5.74) is 1.91. The number of carbonyl (C=O) groups is 1. The monoisotopic (exact) mass is 380 g/mol. The van der Waals surface area contributed by atoms with Crippen molar-refractivity contribution < 1.29 is 23.7 Å². The van der Waals surface area contributed by atoms with Crippen LogP contribution in [0.3, 0.4) is 0 Å². The zero-order valence-corrected chi connectivity index (χ0v) is 16.7. The van der Waals surface area contributed by atoms with E-state index in [1.54, 1.807) is 40.4 Å². The van der Waals surface area contributed by atoms with Gasteiger partial charge in [0.2, 0.25) is 5.75 Å². The molecule has 0 amide bonds. The van der Waals surface area contributed by atoms with Gasteiger partial charge in [-0.25, -0.2) is 9.79 Å². The Labute approximate surface area is 157 Å². The van der Waals surface area contributed by atoms with Crippen molar-refractivity contribution in [2.75, 3.05) is 34.2 Å². The van der Waals surface area contributed by atoms with Gasteiger partial charge >= 0.3 is 5.97 Å². The number of hydrogen-bond donors (Lipinski definition) is 1. The Morgan fingerprint density at radius 2 is 1.81 bits per heavy atom. The fourth-order valence-electron chi connectivity index (χ4n) is 2.72. The van der Waals surface area contributed by atoms with E-state index in [1.165, 1.54) is 11.8 Å². The summed E-state index contributed by atoms with van der Waals surface area (Å²) in [6.07, 6.45) is 1.92. The minimum absolute atomic E-state index is 0.288. The van der Waals surface area contributed by atoms with E-state index >= 15 is 0 Å². The minimum Gasteiger partial charge on any atom is -0.493 e. The lowest BCUT2D eigenvalue weighted by Crippen LogP contribution is -2.30. The molecule has 142 valence electrons. The zero-order chi connectivity index (χ0) is 19.3. The number of ether oxygens (including phenoxy) is 4. The van der Waals surface area contributed by atoms with Crippen LogP contribution in [-0.2, 0) is 9.53 Å². The molecule has 26 heavy (non-hydrogen) atoms. The van der Waals surface area contributed by atoms with Crippen molar-refractivity contribution in [2.24, 2.45) is 4.99 Å². The highest BCUT2D eigenvalue weighted by molar-refractivity contribution is 8.13. The van der Waals surface area contributed by atoms with Crippen LogP contribution < -0.4 is 19.5 Å². The Morgan fingerprint density at radius 1 is 1.19 bits per heavy atom. The molecule has 0 unspecified atom stereocenters. The maximum atomic E-state index is 12.5. The van der Waals surface area contributed by atoms with Crippen molar-refractivity contribution in [2.45, 2.75) is 19.9 Å². The smallest absolute Gasteiger partial charge is 0.338 e. The summed E-state index contributed by atoms with van der Waals surface area (Å²) in [4.78, 5) is 17.2. The second kappa shape index (κ2) is 8.84. The van der Waals surface area contributed by atoms with E-state index in [-0.39, 0.29) is 6.61 Å². The maximum Gasteiger partial charge on any atom is 0.338 e. The van der Waals surface area contributed by atoms with Crippen LogP contribution in [0, 0.1) is 0 Å². The molecule has 0 aromatic heterocycles. The lowest BCUT2D eigenvalue weighted by atomic mass is 9.96. The minimum atomic E-state index is -0.536. The van der Waals surface area contributed by atoms with E-state index in [2.05, 4.69) is 10.3 Å². The number of methoxy groups -OCH3 is 3. The first-order chi connectivity index (χ1) is 12.5. The molecule has 1 aromatic carbocycles. The number of aliphatic imine (C=N–C) groups is 1. The predicted molar refractivity (Wildman–Crippen MR) is 102 cm³/mol. The van der Waals surface area contributed by atoms with Crippen LogP contribution in [0.1, 0.15) is 25.5 Å². The third-order valence-corrected chi connectivity index (χ3v) is 4.50. The first kappa shape index (κ1) is 20.0. The summed E-state index contributed by atoms with van der Waals surface area (Å²) in [6.45, 7) is 3.90. The van der Waals surface area contributed by atoms with Crippen LogP contribution in [0.15, 0.2) is 28.4 Å². The summed E-state index contributed by atoms with van der Waals surface area (Å²) < 4.78 is 21.5. The summed E-state index contributed by atoms with van der Waals surface area (Å²) in [5.74, 6) is 1.09. The van der Waals surface area contributed by atoms with Crippen LogP contribution in [0.2, 0.25) is 0 Å². The molecule has 0 saturated heterocycles. The molecule has 0 spiro atoms. The highest BCUT2D eigenvalue weighted by Crippen LogP contribution is 2.43. The fraction of sp³-hybridized carbons (Fsp3) is 0.444. The molecular weight excluding hydrogens is 356 g/mol. The van der Waals surface area contributed by atoms with Crippen LogP contribution in [0.4, 0.5) is 0 Å². The van der Waals surface area contributed by atoms with E-state index in [1.807, 2.05) is 13.2 Å². The molecule has 0 fully saturated rings. The molecule has 1 aliphatic heterocycles. The molecule has 8 heteroatoms. The number of esters is 1. The van der Waals surface area contributed by atoms with E-state index in [9.17, 15) is 4.79 Å². The summed E-state index contributed by atoms with van der Waals surface area (Å²) in [7, 11) is 4.64. The maximum absolute atomic E-state index is 12.5. The molecule has 2 rings (SSSR count). The van der Waals surface area contributed by atoms with Crippen molar-refractivity contribution in [1.29, 1.82) is 0 Å². The number of amidine groups is 1. The lowest BCUT2D eigenvalue weighted by molar-refractivity contribution is -0.138. The fourth-order valence-corrected chi connectivity index (χ4v) is 3.19. The SMILES string of the molecule is CCOC(=O)C1=C(C)NC(SC)=N[C@H]1c1cc(OC)c(OC)c(OC)c1. The highest BCUT2D eigenvalue weighted by atomic mass is 32.2. The molecule has 1 N–H and O–H groups in total. The normalized spacial score (nSPS) is 16.5. The molecule has 0 bridgehead atoms. The van der Waals surface area contributed by atoms with Crippen molar-refractivity contribution in [1.82, 2.24) is 5.32 Å². The molecule has 1 aromatic rings. The van der Waals surface area contributed by atoms with Gasteiger partial charge in [0.15, 0.2) is 16.7 Å². The van der Waals surface area contributed by atoms with Gasteiger partial charge in [0.25, 0.3) is 0 Å².